The van der Waals surface area contributed by atoms with Crippen LogP contribution >= 0.6 is 12.4 Å². The van der Waals surface area contributed by atoms with Crippen molar-refractivity contribution in [2.75, 3.05) is 19.6 Å². The third-order valence-corrected chi connectivity index (χ3v) is 4.48. The van der Waals surface area contributed by atoms with Gasteiger partial charge in [-0.1, -0.05) is 38.1 Å². The van der Waals surface area contributed by atoms with Crippen LogP contribution in [0.5, 0.6) is 0 Å². The minimum absolute atomic E-state index is 0. The van der Waals surface area contributed by atoms with Gasteiger partial charge in [0.2, 0.25) is 11.8 Å². The Kier molecular flexibility index (Phi) is 8.10. The lowest BCUT2D eigenvalue weighted by Crippen LogP contribution is -2.39. The topological polar surface area (TPSA) is 75.4 Å². The summed E-state index contributed by atoms with van der Waals surface area (Å²) in [5.74, 6) is -1.48. The summed E-state index contributed by atoms with van der Waals surface area (Å²) in [6, 6.07) is 7.33. The SMILES string of the molecule is CC(C)c1ccc(C(N)CNC(=O)C2CC(=O)N(CC(F)(F)F)C2)cc1.Cl. The maximum atomic E-state index is 12.4. The first-order valence-corrected chi connectivity index (χ1v) is 8.54. The molecule has 2 rings (SSSR count). The Labute approximate surface area is 162 Å². The van der Waals surface area contributed by atoms with E-state index in [1.54, 1.807) is 0 Å². The lowest BCUT2D eigenvalue weighted by Gasteiger charge is -2.19. The van der Waals surface area contributed by atoms with E-state index in [2.05, 4.69) is 19.2 Å². The van der Waals surface area contributed by atoms with Gasteiger partial charge in [0.05, 0.1) is 5.92 Å². The quantitative estimate of drug-likeness (QED) is 0.761. The number of benzene rings is 1. The molecule has 2 atom stereocenters. The second kappa shape index (κ2) is 9.41. The number of nitrogens with one attached hydrogen (secondary N) is 1. The van der Waals surface area contributed by atoms with Gasteiger partial charge in [-0.3, -0.25) is 9.59 Å². The van der Waals surface area contributed by atoms with Gasteiger partial charge in [-0.15, -0.1) is 12.4 Å². The minimum Gasteiger partial charge on any atom is -0.354 e. The molecule has 1 aliphatic rings. The molecule has 27 heavy (non-hydrogen) atoms. The fourth-order valence-corrected chi connectivity index (χ4v) is 2.92. The van der Waals surface area contributed by atoms with Crippen molar-refractivity contribution in [1.29, 1.82) is 0 Å². The number of carbonyl (C=O) groups is 2. The first kappa shape index (κ1) is 23.2. The van der Waals surface area contributed by atoms with Gasteiger partial charge in [-0.05, 0) is 17.0 Å². The number of alkyl halides is 3. The van der Waals surface area contributed by atoms with Crippen molar-refractivity contribution in [3.63, 3.8) is 0 Å². The smallest absolute Gasteiger partial charge is 0.354 e. The number of hydrogen-bond acceptors (Lipinski definition) is 3. The molecular formula is C18H25ClF3N3O2. The van der Waals surface area contributed by atoms with Gasteiger partial charge in [-0.25, -0.2) is 0 Å². The van der Waals surface area contributed by atoms with Crippen molar-refractivity contribution < 1.29 is 22.8 Å². The van der Waals surface area contributed by atoms with Crippen LogP contribution in [0, 0.1) is 5.92 Å². The average molecular weight is 408 g/mol. The van der Waals surface area contributed by atoms with Crippen LogP contribution in [0.1, 0.15) is 43.4 Å². The third-order valence-electron chi connectivity index (χ3n) is 4.48. The highest BCUT2D eigenvalue weighted by molar-refractivity contribution is 5.89. The van der Waals surface area contributed by atoms with Crippen molar-refractivity contribution in [2.45, 2.75) is 38.4 Å². The molecule has 0 saturated carbocycles. The van der Waals surface area contributed by atoms with Crippen molar-refractivity contribution in [3.8, 4) is 0 Å². The van der Waals surface area contributed by atoms with Crippen molar-refractivity contribution in [1.82, 2.24) is 10.2 Å². The molecule has 1 heterocycles. The maximum Gasteiger partial charge on any atom is 0.406 e. The van der Waals surface area contributed by atoms with Gasteiger partial charge in [0.1, 0.15) is 6.54 Å². The molecule has 0 spiro atoms. The van der Waals surface area contributed by atoms with Gasteiger partial charge in [0.15, 0.2) is 0 Å². The summed E-state index contributed by atoms with van der Waals surface area (Å²) in [6.45, 7) is 2.78. The number of rotatable bonds is 6. The third kappa shape index (κ3) is 6.70. The highest BCUT2D eigenvalue weighted by Gasteiger charge is 2.40. The van der Waals surface area contributed by atoms with E-state index >= 15 is 0 Å². The van der Waals surface area contributed by atoms with E-state index in [1.165, 1.54) is 5.56 Å². The van der Waals surface area contributed by atoms with Crippen LogP contribution in [-0.2, 0) is 9.59 Å². The van der Waals surface area contributed by atoms with Crippen LogP contribution < -0.4 is 11.1 Å². The highest BCUT2D eigenvalue weighted by Crippen LogP contribution is 2.24. The maximum absolute atomic E-state index is 12.4. The van der Waals surface area contributed by atoms with E-state index < -0.39 is 36.5 Å². The van der Waals surface area contributed by atoms with Crippen LogP contribution in [0.2, 0.25) is 0 Å². The number of amides is 2. The average Bonchev–Trinajstić information content (AvgIpc) is 2.91. The monoisotopic (exact) mass is 407 g/mol. The van der Waals surface area contributed by atoms with Crippen molar-refractivity contribution in [2.24, 2.45) is 11.7 Å². The van der Waals surface area contributed by atoms with E-state index in [-0.39, 0.29) is 31.9 Å². The lowest BCUT2D eigenvalue weighted by atomic mass is 9.99. The Morgan fingerprint density at radius 1 is 1.26 bits per heavy atom. The molecule has 0 bridgehead atoms. The van der Waals surface area contributed by atoms with Crippen LogP contribution in [0.25, 0.3) is 0 Å². The molecule has 2 unspecified atom stereocenters. The van der Waals surface area contributed by atoms with Gasteiger partial charge in [0.25, 0.3) is 0 Å². The summed E-state index contributed by atoms with van der Waals surface area (Å²) in [5.41, 5.74) is 8.10. The van der Waals surface area contributed by atoms with Crippen LogP contribution in [0.4, 0.5) is 13.2 Å². The molecule has 5 nitrogen and oxygen atoms in total. The van der Waals surface area contributed by atoms with E-state index in [0.717, 1.165) is 5.56 Å². The molecule has 152 valence electrons. The summed E-state index contributed by atoms with van der Waals surface area (Å²) in [5, 5.41) is 2.64. The van der Waals surface area contributed by atoms with Gasteiger partial charge < -0.3 is 16.0 Å². The summed E-state index contributed by atoms with van der Waals surface area (Å²) < 4.78 is 37.3. The molecule has 1 aliphatic heterocycles. The first-order chi connectivity index (χ1) is 12.1. The molecule has 2 amide bonds. The summed E-state index contributed by atoms with van der Waals surface area (Å²) in [7, 11) is 0. The standard InChI is InChI=1S/C18H24F3N3O2.ClH/c1-11(2)12-3-5-13(6-4-12)15(22)8-23-17(26)14-7-16(25)24(9-14)10-18(19,20)21;/h3-6,11,14-15H,7-10,22H2,1-2H3,(H,23,26);1H. The van der Waals surface area contributed by atoms with Gasteiger partial charge in [0, 0.05) is 25.6 Å². The molecule has 1 fully saturated rings. The van der Waals surface area contributed by atoms with Crippen LogP contribution in [-0.4, -0.2) is 42.5 Å². The molecule has 0 aliphatic carbocycles. The lowest BCUT2D eigenvalue weighted by molar-refractivity contribution is -0.157. The largest absolute Gasteiger partial charge is 0.406 e. The molecule has 0 aromatic heterocycles. The normalized spacial score (nSPS) is 18.4. The second-order valence-corrected chi connectivity index (χ2v) is 6.96. The number of carbonyl (C=O) groups excluding carboxylic acids is 2. The Hall–Kier alpha value is -1.80. The zero-order valence-corrected chi connectivity index (χ0v) is 16.1. The molecule has 1 aromatic carbocycles. The molecule has 9 heteroatoms. The summed E-state index contributed by atoms with van der Waals surface area (Å²) >= 11 is 0. The predicted molar refractivity (Wildman–Crippen MR) is 98.5 cm³/mol. The molecule has 1 saturated heterocycles. The van der Waals surface area contributed by atoms with E-state index in [0.29, 0.717) is 10.8 Å². The molecule has 0 radical (unpaired) electrons. The van der Waals surface area contributed by atoms with E-state index in [1.807, 2.05) is 24.3 Å². The fraction of sp³-hybridized carbons (Fsp3) is 0.556. The van der Waals surface area contributed by atoms with Gasteiger partial charge in [-0.2, -0.15) is 13.2 Å². The highest BCUT2D eigenvalue weighted by atomic mass is 35.5. The van der Waals surface area contributed by atoms with Crippen molar-refractivity contribution in [3.05, 3.63) is 35.4 Å². The summed E-state index contributed by atoms with van der Waals surface area (Å²) in [6.07, 6.45) is -4.67. The van der Waals surface area contributed by atoms with Crippen LogP contribution in [0.3, 0.4) is 0 Å². The fourth-order valence-electron chi connectivity index (χ4n) is 2.92. The van der Waals surface area contributed by atoms with E-state index in [4.69, 9.17) is 5.73 Å². The van der Waals surface area contributed by atoms with Crippen molar-refractivity contribution >= 4 is 24.2 Å². The van der Waals surface area contributed by atoms with Gasteiger partial charge >= 0.3 is 6.18 Å². The number of nitrogens with two attached hydrogens (primary N) is 1. The number of nitrogens with zero attached hydrogens (tertiary/aromatic N) is 1. The number of likely N-dealkylation sites (tertiary alicyclic amines) is 1. The Morgan fingerprint density at radius 3 is 2.33 bits per heavy atom. The molecule has 1 aromatic rings. The molecular weight excluding hydrogens is 383 g/mol. The zero-order valence-electron chi connectivity index (χ0n) is 15.3. The van der Waals surface area contributed by atoms with E-state index in [9.17, 15) is 22.8 Å². The Morgan fingerprint density at radius 2 is 1.81 bits per heavy atom. The number of hydrogen-bond donors (Lipinski definition) is 2. The zero-order chi connectivity index (χ0) is 19.5. The second-order valence-electron chi connectivity index (χ2n) is 6.96. The van der Waals surface area contributed by atoms with Crippen LogP contribution in [0.15, 0.2) is 24.3 Å². The molecule has 3 N–H and O–H groups in total. The first-order valence-electron chi connectivity index (χ1n) is 8.54. The summed E-state index contributed by atoms with van der Waals surface area (Å²) in [4.78, 5) is 24.5. The predicted octanol–water partition coefficient (Wildman–Crippen LogP) is 2.76. The Bertz CT molecular complexity index is 650. The Balaban J connectivity index is 0.00000364. The minimum atomic E-state index is -4.47. The number of halogens is 4.